The predicted octanol–water partition coefficient (Wildman–Crippen LogP) is 1.51. The van der Waals surface area contributed by atoms with Crippen molar-refractivity contribution in [1.82, 2.24) is 0 Å². The Morgan fingerprint density at radius 2 is 1.60 bits per heavy atom. The molecular weight excluding hydrogens is 328 g/mol. The van der Waals surface area contributed by atoms with Crippen molar-refractivity contribution in [2.24, 2.45) is 0 Å². The number of para-hydroxylation sites is 1. The Hall–Kier alpha value is -2.90. The van der Waals surface area contributed by atoms with E-state index in [9.17, 15) is 14.7 Å². The summed E-state index contributed by atoms with van der Waals surface area (Å²) in [7, 11) is 1.34. The summed E-state index contributed by atoms with van der Waals surface area (Å²) in [5, 5.41) is 26.3. The van der Waals surface area contributed by atoms with Crippen molar-refractivity contribution in [1.29, 1.82) is 0 Å². The fourth-order valence-corrected chi connectivity index (χ4v) is 1.73. The van der Waals surface area contributed by atoms with Gasteiger partial charge in [0.2, 0.25) is 0 Å². The van der Waals surface area contributed by atoms with E-state index in [2.05, 4.69) is 9.47 Å². The van der Waals surface area contributed by atoms with Crippen LogP contribution in [0, 0.1) is 0 Å². The smallest absolute Gasteiger partial charge is 0.341 e. The third-order valence-electron chi connectivity index (χ3n) is 3.01. The van der Waals surface area contributed by atoms with Gasteiger partial charge in [-0.15, -0.1) is 0 Å². The number of hydrogen-bond donors (Lipinski definition) is 3. The van der Waals surface area contributed by atoms with Crippen LogP contribution in [0.2, 0.25) is 0 Å². The minimum absolute atomic E-state index is 0.0124. The van der Waals surface area contributed by atoms with Crippen LogP contribution in [-0.4, -0.2) is 47.6 Å². The second-order valence-electron chi connectivity index (χ2n) is 4.72. The standard InChI is InChI=1S/C9H10O4.C9H10O3/c10-5-6-13-9(12)7-3-1-2-4-8(7)11;1-12-9(11)8-4-2-7(6-10)3-5-8/h1-4,10-11H,5-6H2;2-5,10H,6H2,1H3. The zero-order chi connectivity index (χ0) is 18.7. The van der Waals surface area contributed by atoms with Crippen LogP contribution in [0.15, 0.2) is 48.5 Å². The van der Waals surface area contributed by atoms with Crippen LogP contribution in [0.25, 0.3) is 0 Å². The number of benzene rings is 2. The summed E-state index contributed by atoms with van der Waals surface area (Å²) < 4.78 is 9.12. The molecule has 0 saturated carbocycles. The summed E-state index contributed by atoms with van der Waals surface area (Å²) in [5.41, 5.74) is 1.38. The van der Waals surface area contributed by atoms with Crippen molar-refractivity contribution in [3.63, 3.8) is 0 Å². The molecule has 0 heterocycles. The van der Waals surface area contributed by atoms with Gasteiger partial charge in [0.15, 0.2) is 0 Å². The van der Waals surface area contributed by atoms with Gasteiger partial charge in [-0.05, 0) is 29.8 Å². The highest BCUT2D eigenvalue weighted by molar-refractivity contribution is 5.92. The first-order valence-electron chi connectivity index (χ1n) is 7.37. The normalized spacial score (nSPS) is 9.56. The summed E-state index contributed by atoms with van der Waals surface area (Å²) in [6.45, 7) is -0.298. The van der Waals surface area contributed by atoms with Crippen LogP contribution in [0.5, 0.6) is 5.75 Å². The van der Waals surface area contributed by atoms with Gasteiger partial charge in [0.25, 0.3) is 0 Å². The molecule has 0 saturated heterocycles. The van der Waals surface area contributed by atoms with Gasteiger partial charge < -0.3 is 24.8 Å². The third-order valence-corrected chi connectivity index (χ3v) is 3.01. The summed E-state index contributed by atoms with van der Waals surface area (Å²) >= 11 is 0. The van der Waals surface area contributed by atoms with Gasteiger partial charge in [-0.3, -0.25) is 0 Å². The van der Waals surface area contributed by atoms with Crippen LogP contribution >= 0.6 is 0 Å². The monoisotopic (exact) mass is 348 g/mol. The molecule has 0 aliphatic rings. The number of methoxy groups -OCH3 is 1. The molecule has 0 fully saturated rings. The lowest BCUT2D eigenvalue weighted by molar-refractivity contribution is 0.0430. The van der Waals surface area contributed by atoms with Crippen molar-refractivity contribution in [3.8, 4) is 5.75 Å². The van der Waals surface area contributed by atoms with E-state index >= 15 is 0 Å². The molecule has 134 valence electrons. The fourth-order valence-electron chi connectivity index (χ4n) is 1.73. The van der Waals surface area contributed by atoms with Crippen molar-refractivity contribution in [2.45, 2.75) is 6.61 Å². The molecule has 2 rings (SSSR count). The lowest BCUT2D eigenvalue weighted by Gasteiger charge is -2.03. The third kappa shape index (κ3) is 6.62. The number of aromatic hydroxyl groups is 1. The number of hydrogen-bond acceptors (Lipinski definition) is 7. The molecule has 0 bridgehead atoms. The Labute approximate surface area is 145 Å². The molecule has 25 heavy (non-hydrogen) atoms. The number of phenolic OH excluding ortho intramolecular Hbond substituents is 1. The molecule has 0 radical (unpaired) electrons. The Kier molecular flexibility index (Phi) is 8.70. The first-order chi connectivity index (χ1) is 12.0. The van der Waals surface area contributed by atoms with Crippen LogP contribution < -0.4 is 0 Å². The number of aliphatic hydroxyl groups excluding tert-OH is 2. The van der Waals surface area contributed by atoms with Gasteiger partial charge in [-0.25, -0.2) is 9.59 Å². The van der Waals surface area contributed by atoms with Crippen LogP contribution in [0.3, 0.4) is 0 Å². The van der Waals surface area contributed by atoms with Gasteiger partial charge in [-0.2, -0.15) is 0 Å². The maximum Gasteiger partial charge on any atom is 0.341 e. The quantitative estimate of drug-likeness (QED) is 0.702. The largest absolute Gasteiger partial charge is 0.507 e. The molecule has 0 amide bonds. The summed E-state index contributed by atoms with van der Waals surface area (Å²) in [4.78, 5) is 22.1. The molecule has 7 nitrogen and oxygen atoms in total. The Morgan fingerprint density at radius 3 is 2.12 bits per heavy atom. The predicted molar refractivity (Wildman–Crippen MR) is 89.2 cm³/mol. The van der Waals surface area contributed by atoms with Gasteiger partial charge in [0.1, 0.15) is 17.9 Å². The summed E-state index contributed by atoms with van der Waals surface area (Å²) in [6.07, 6.45) is 0. The van der Waals surface area contributed by atoms with Crippen molar-refractivity contribution < 1.29 is 34.4 Å². The Balaban J connectivity index is 0.000000251. The molecule has 0 unspecified atom stereocenters. The second kappa shape index (κ2) is 10.8. The lowest BCUT2D eigenvalue weighted by Crippen LogP contribution is -2.08. The number of carbonyl (C=O) groups excluding carboxylic acids is 2. The molecule has 0 aliphatic carbocycles. The Morgan fingerprint density at radius 1 is 0.960 bits per heavy atom. The van der Waals surface area contributed by atoms with E-state index in [0.717, 1.165) is 5.56 Å². The van der Waals surface area contributed by atoms with E-state index in [1.54, 1.807) is 36.4 Å². The molecule has 3 N–H and O–H groups in total. The van der Waals surface area contributed by atoms with Gasteiger partial charge in [0.05, 0.1) is 25.9 Å². The van der Waals surface area contributed by atoms with E-state index in [0.29, 0.717) is 5.56 Å². The Bertz CT molecular complexity index is 680. The van der Waals surface area contributed by atoms with Crippen molar-refractivity contribution in [2.75, 3.05) is 20.3 Å². The molecule has 2 aromatic carbocycles. The molecule has 0 atom stereocenters. The minimum atomic E-state index is -0.632. The number of phenols is 1. The molecule has 0 spiro atoms. The highest BCUT2D eigenvalue weighted by Crippen LogP contribution is 2.16. The zero-order valence-electron chi connectivity index (χ0n) is 13.7. The van der Waals surface area contributed by atoms with E-state index in [4.69, 9.17) is 10.2 Å². The fraction of sp³-hybridized carbons (Fsp3) is 0.222. The first kappa shape index (κ1) is 20.1. The number of rotatable bonds is 5. The highest BCUT2D eigenvalue weighted by Gasteiger charge is 2.10. The number of aliphatic hydroxyl groups is 2. The van der Waals surface area contributed by atoms with Crippen LogP contribution in [0.4, 0.5) is 0 Å². The maximum absolute atomic E-state index is 11.1. The van der Waals surface area contributed by atoms with E-state index in [1.807, 2.05) is 0 Å². The maximum atomic E-state index is 11.1. The number of esters is 2. The molecule has 0 aliphatic heterocycles. The zero-order valence-corrected chi connectivity index (χ0v) is 13.7. The molecular formula is C18H20O7. The first-order valence-corrected chi connectivity index (χ1v) is 7.37. The second-order valence-corrected chi connectivity index (χ2v) is 4.72. The van der Waals surface area contributed by atoms with Crippen molar-refractivity contribution in [3.05, 3.63) is 65.2 Å². The van der Waals surface area contributed by atoms with Crippen LogP contribution in [-0.2, 0) is 16.1 Å². The van der Waals surface area contributed by atoms with E-state index < -0.39 is 5.97 Å². The molecule has 7 heteroatoms. The summed E-state index contributed by atoms with van der Waals surface area (Å²) in [5.74, 6) is -1.11. The summed E-state index contributed by atoms with van der Waals surface area (Å²) in [6, 6.07) is 12.7. The average Bonchev–Trinajstić information content (AvgIpc) is 2.66. The van der Waals surface area contributed by atoms with Gasteiger partial charge >= 0.3 is 11.9 Å². The SMILES string of the molecule is COC(=O)c1ccc(CO)cc1.O=C(OCCO)c1ccccc1O. The minimum Gasteiger partial charge on any atom is -0.507 e. The molecule has 0 aromatic heterocycles. The number of carbonyl (C=O) groups is 2. The molecule has 2 aromatic rings. The van der Waals surface area contributed by atoms with Gasteiger partial charge in [-0.1, -0.05) is 24.3 Å². The van der Waals surface area contributed by atoms with Crippen molar-refractivity contribution >= 4 is 11.9 Å². The highest BCUT2D eigenvalue weighted by atomic mass is 16.5. The lowest BCUT2D eigenvalue weighted by atomic mass is 10.1. The average molecular weight is 348 g/mol. The van der Waals surface area contributed by atoms with E-state index in [1.165, 1.54) is 19.2 Å². The number of ether oxygens (including phenoxy) is 2. The topological polar surface area (TPSA) is 113 Å². The van der Waals surface area contributed by atoms with Gasteiger partial charge in [0, 0.05) is 0 Å². The van der Waals surface area contributed by atoms with Crippen LogP contribution in [0.1, 0.15) is 26.3 Å². The van der Waals surface area contributed by atoms with E-state index in [-0.39, 0.29) is 37.1 Å².